The molecular formula is C17H25F2NO. The van der Waals surface area contributed by atoms with Gasteiger partial charge in [0.2, 0.25) is 0 Å². The van der Waals surface area contributed by atoms with Crippen LogP contribution in [0.5, 0.6) is 5.75 Å². The van der Waals surface area contributed by atoms with E-state index in [-0.39, 0.29) is 5.75 Å². The minimum atomic E-state index is -2.77. The van der Waals surface area contributed by atoms with Crippen molar-refractivity contribution in [3.8, 4) is 5.75 Å². The number of para-hydroxylation sites is 1. The number of hydrogen-bond donors (Lipinski definition) is 1. The minimum Gasteiger partial charge on any atom is -0.434 e. The van der Waals surface area contributed by atoms with Crippen LogP contribution >= 0.6 is 0 Å². The molecule has 2 rings (SSSR count). The highest BCUT2D eigenvalue weighted by Gasteiger charge is 2.27. The van der Waals surface area contributed by atoms with Gasteiger partial charge in [-0.3, -0.25) is 0 Å². The van der Waals surface area contributed by atoms with Gasteiger partial charge >= 0.3 is 6.61 Å². The van der Waals surface area contributed by atoms with E-state index in [4.69, 9.17) is 0 Å². The zero-order valence-electron chi connectivity index (χ0n) is 12.8. The van der Waals surface area contributed by atoms with Crippen molar-refractivity contribution in [2.75, 3.05) is 0 Å². The van der Waals surface area contributed by atoms with E-state index in [0.29, 0.717) is 24.4 Å². The highest BCUT2D eigenvalue weighted by Crippen LogP contribution is 2.31. The summed E-state index contributed by atoms with van der Waals surface area (Å²) in [6.07, 6.45) is 4.97. The fourth-order valence-electron chi connectivity index (χ4n) is 3.31. The molecule has 0 aromatic heterocycles. The SMILES string of the molecule is CC(C)C1CCCCC1NCc1ccccc1OC(F)F. The van der Waals surface area contributed by atoms with Crippen LogP contribution in [0.1, 0.15) is 45.1 Å². The summed E-state index contributed by atoms with van der Waals surface area (Å²) in [5.41, 5.74) is 0.797. The van der Waals surface area contributed by atoms with Crippen molar-refractivity contribution in [2.24, 2.45) is 11.8 Å². The first kappa shape index (κ1) is 16.2. The van der Waals surface area contributed by atoms with Crippen LogP contribution in [0.25, 0.3) is 0 Å². The summed E-state index contributed by atoms with van der Waals surface area (Å²) >= 11 is 0. The fourth-order valence-corrected chi connectivity index (χ4v) is 3.31. The summed E-state index contributed by atoms with van der Waals surface area (Å²) in [5.74, 6) is 1.59. The Kier molecular flexibility index (Phi) is 5.97. The molecule has 0 heterocycles. The molecule has 0 saturated heterocycles. The predicted molar refractivity (Wildman–Crippen MR) is 80.5 cm³/mol. The first-order chi connectivity index (χ1) is 10.1. The number of rotatable bonds is 6. The molecule has 4 heteroatoms. The van der Waals surface area contributed by atoms with Crippen LogP contribution in [-0.2, 0) is 6.54 Å². The molecule has 2 nitrogen and oxygen atoms in total. The average molecular weight is 297 g/mol. The van der Waals surface area contributed by atoms with Crippen LogP contribution in [0.15, 0.2) is 24.3 Å². The second kappa shape index (κ2) is 7.74. The molecule has 2 unspecified atom stereocenters. The maximum absolute atomic E-state index is 12.4. The van der Waals surface area contributed by atoms with Crippen LogP contribution in [0.3, 0.4) is 0 Å². The Hall–Kier alpha value is -1.16. The molecular weight excluding hydrogens is 272 g/mol. The van der Waals surface area contributed by atoms with Gasteiger partial charge in [0.25, 0.3) is 0 Å². The molecule has 0 radical (unpaired) electrons. The van der Waals surface area contributed by atoms with Crippen LogP contribution in [0, 0.1) is 11.8 Å². The van der Waals surface area contributed by atoms with Gasteiger partial charge in [0.1, 0.15) is 5.75 Å². The molecule has 1 N–H and O–H groups in total. The summed E-state index contributed by atoms with van der Waals surface area (Å²) in [6.45, 7) is 2.33. The van der Waals surface area contributed by atoms with Gasteiger partial charge in [-0.25, -0.2) is 0 Å². The molecule has 0 amide bonds. The Labute approximate surface area is 125 Å². The first-order valence-corrected chi connectivity index (χ1v) is 7.84. The number of hydrogen-bond acceptors (Lipinski definition) is 2. The smallest absolute Gasteiger partial charge is 0.387 e. The Balaban J connectivity index is 1.98. The third kappa shape index (κ3) is 4.67. The lowest BCUT2D eigenvalue weighted by Crippen LogP contribution is -2.40. The van der Waals surface area contributed by atoms with E-state index in [1.54, 1.807) is 12.1 Å². The van der Waals surface area contributed by atoms with Crippen molar-refractivity contribution in [2.45, 2.75) is 58.7 Å². The lowest BCUT2D eigenvalue weighted by molar-refractivity contribution is -0.0505. The Morgan fingerprint density at radius 3 is 2.62 bits per heavy atom. The topological polar surface area (TPSA) is 21.3 Å². The molecule has 1 aromatic rings. The van der Waals surface area contributed by atoms with Gasteiger partial charge in [-0.15, -0.1) is 0 Å². The van der Waals surface area contributed by atoms with E-state index in [9.17, 15) is 8.78 Å². The molecule has 21 heavy (non-hydrogen) atoms. The second-order valence-electron chi connectivity index (χ2n) is 6.17. The standard InChI is InChI=1S/C17H25F2NO/c1-12(2)14-8-4-5-9-15(14)20-11-13-7-3-6-10-16(13)21-17(18)19/h3,6-7,10,12,14-15,17,20H,4-5,8-9,11H2,1-2H3. The summed E-state index contributed by atoms with van der Waals surface area (Å²) < 4.78 is 29.4. The quantitative estimate of drug-likeness (QED) is 0.829. The van der Waals surface area contributed by atoms with Crippen molar-refractivity contribution < 1.29 is 13.5 Å². The Morgan fingerprint density at radius 1 is 1.19 bits per heavy atom. The van der Waals surface area contributed by atoms with Gasteiger partial charge < -0.3 is 10.1 Å². The van der Waals surface area contributed by atoms with Crippen LogP contribution in [0.4, 0.5) is 8.78 Å². The lowest BCUT2D eigenvalue weighted by Gasteiger charge is -2.35. The van der Waals surface area contributed by atoms with Crippen molar-refractivity contribution >= 4 is 0 Å². The van der Waals surface area contributed by atoms with E-state index < -0.39 is 6.61 Å². The Bertz CT molecular complexity index is 437. The van der Waals surface area contributed by atoms with Gasteiger partial charge in [-0.1, -0.05) is 44.9 Å². The lowest BCUT2D eigenvalue weighted by atomic mass is 9.78. The fraction of sp³-hybridized carbons (Fsp3) is 0.647. The molecule has 2 atom stereocenters. The van der Waals surface area contributed by atoms with Crippen molar-refractivity contribution in [1.82, 2.24) is 5.32 Å². The molecule has 0 aliphatic heterocycles. The number of nitrogens with one attached hydrogen (secondary N) is 1. The van der Waals surface area contributed by atoms with Gasteiger partial charge in [0.05, 0.1) is 0 Å². The van der Waals surface area contributed by atoms with E-state index in [1.165, 1.54) is 25.7 Å². The van der Waals surface area contributed by atoms with Gasteiger partial charge in [0.15, 0.2) is 0 Å². The van der Waals surface area contributed by atoms with Gasteiger partial charge in [-0.05, 0) is 30.7 Å². The Morgan fingerprint density at radius 2 is 1.90 bits per heavy atom. The van der Waals surface area contributed by atoms with E-state index in [1.807, 2.05) is 12.1 Å². The summed E-state index contributed by atoms with van der Waals surface area (Å²) in [6, 6.07) is 7.50. The van der Waals surface area contributed by atoms with Crippen molar-refractivity contribution in [1.29, 1.82) is 0 Å². The van der Waals surface area contributed by atoms with Gasteiger partial charge in [0, 0.05) is 18.2 Å². The zero-order chi connectivity index (χ0) is 15.2. The first-order valence-electron chi connectivity index (χ1n) is 7.84. The highest BCUT2D eigenvalue weighted by atomic mass is 19.3. The molecule has 1 saturated carbocycles. The molecule has 1 aliphatic carbocycles. The monoisotopic (exact) mass is 297 g/mol. The van der Waals surface area contributed by atoms with E-state index in [0.717, 1.165) is 5.56 Å². The molecule has 1 aromatic carbocycles. The zero-order valence-corrected chi connectivity index (χ0v) is 12.8. The van der Waals surface area contributed by atoms with Crippen molar-refractivity contribution in [3.05, 3.63) is 29.8 Å². The molecule has 0 spiro atoms. The summed E-state index contributed by atoms with van der Waals surface area (Å²) in [5, 5.41) is 3.56. The second-order valence-corrected chi connectivity index (χ2v) is 6.17. The molecule has 0 bridgehead atoms. The third-order valence-electron chi connectivity index (χ3n) is 4.42. The number of benzene rings is 1. The van der Waals surface area contributed by atoms with E-state index in [2.05, 4.69) is 23.9 Å². The maximum Gasteiger partial charge on any atom is 0.387 e. The van der Waals surface area contributed by atoms with Crippen LogP contribution in [-0.4, -0.2) is 12.7 Å². The maximum atomic E-state index is 12.4. The molecule has 1 aliphatic rings. The number of halogens is 2. The number of ether oxygens (including phenoxy) is 1. The van der Waals surface area contributed by atoms with Crippen LogP contribution < -0.4 is 10.1 Å². The third-order valence-corrected chi connectivity index (χ3v) is 4.42. The van der Waals surface area contributed by atoms with Crippen LogP contribution in [0.2, 0.25) is 0 Å². The largest absolute Gasteiger partial charge is 0.434 e. The molecule has 118 valence electrons. The number of alkyl halides is 2. The average Bonchev–Trinajstić information content (AvgIpc) is 2.46. The highest BCUT2D eigenvalue weighted by molar-refractivity contribution is 5.33. The van der Waals surface area contributed by atoms with Gasteiger partial charge in [-0.2, -0.15) is 8.78 Å². The van der Waals surface area contributed by atoms with E-state index >= 15 is 0 Å². The normalized spacial score (nSPS) is 22.8. The molecule has 1 fully saturated rings. The summed E-state index contributed by atoms with van der Waals surface area (Å²) in [7, 11) is 0. The predicted octanol–water partition coefficient (Wildman–Crippen LogP) is 4.59. The van der Waals surface area contributed by atoms with Crippen molar-refractivity contribution in [3.63, 3.8) is 0 Å². The minimum absolute atomic E-state index is 0.275. The summed E-state index contributed by atoms with van der Waals surface area (Å²) in [4.78, 5) is 0.